The summed E-state index contributed by atoms with van der Waals surface area (Å²) >= 11 is 0. The number of aromatic amines is 1. The van der Waals surface area contributed by atoms with Gasteiger partial charge in [-0.15, -0.1) is 0 Å². The number of aromatic nitrogens is 1. The second kappa shape index (κ2) is 4.23. The van der Waals surface area contributed by atoms with Crippen LogP contribution in [0.2, 0.25) is 0 Å². The van der Waals surface area contributed by atoms with E-state index in [0.717, 1.165) is 6.42 Å². The Balaban J connectivity index is 2.68. The van der Waals surface area contributed by atoms with Gasteiger partial charge in [0.05, 0.1) is 11.7 Å². The topological polar surface area (TPSA) is 58.9 Å². The van der Waals surface area contributed by atoms with E-state index < -0.39 is 0 Å². The molecule has 13 heavy (non-hydrogen) atoms. The zero-order valence-corrected chi connectivity index (χ0v) is 8.08. The molecule has 0 spiro atoms. The van der Waals surface area contributed by atoms with Gasteiger partial charge < -0.3 is 10.7 Å². The highest BCUT2D eigenvalue weighted by atomic mass is 16.1. The van der Waals surface area contributed by atoms with Crippen molar-refractivity contribution in [1.82, 2.24) is 4.98 Å². The monoisotopic (exact) mass is 180 g/mol. The van der Waals surface area contributed by atoms with Crippen molar-refractivity contribution in [2.75, 3.05) is 0 Å². The summed E-state index contributed by atoms with van der Waals surface area (Å²) in [6.07, 6.45) is 2.66. The smallest absolute Gasteiger partial charge is 0.195 e. The van der Waals surface area contributed by atoms with Gasteiger partial charge in [0.25, 0.3) is 0 Å². The van der Waals surface area contributed by atoms with Crippen molar-refractivity contribution in [1.29, 1.82) is 0 Å². The Morgan fingerprint density at radius 3 is 2.85 bits per heavy atom. The van der Waals surface area contributed by atoms with Gasteiger partial charge in [0.2, 0.25) is 0 Å². The molecule has 0 bridgehead atoms. The van der Waals surface area contributed by atoms with E-state index in [1.165, 1.54) is 0 Å². The molecule has 3 N–H and O–H groups in total. The van der Waals surface area contributed by atoms with Crippen LogP contribution in [0.4, 0.5) is 0 Å². The fraction of sp³-hybridized carbons (Fsp3) is 0.500. The van der Waals surface area contributed by atoms with E-state index in [4.69, 9.17) is 5.73 Å². The van der Waals surface area contributed by atoms with Gasteiger partial charge in [-0.05, 0) is 18.1 Å². The lowest BCUT2D eigenvalue weighted by Crippen LogP contribution is -2.36. The van der Waals surface area contributed by atoms with Gasteiger partial charge in [-0.25, -0.2) is 0 Å². The lowest BCUT2D eigenvalue weighted by Gasteiger charge is -2.15. The molecule has 0 aromatic carbocycles. The zero-order valence-electron chi connectivity index (χ0n) is 8.08. The molecule has 0 amide bonds. The van der Waals surface area contributed by atoms with Crippen LogP contribution < -0.4 is 5.73 Å². The summed E-state index contributed by atoms with van der Waals surface area (Å²) in [7, 11) is 0. The van der Waals surface area contributed by atoms with Crippen molar-refractivity contribution >= 4 is 5.78 Å². The van der Waals surface area contributed by atoms with Crippen molar-refractivity contribution < 1.29 is 4.79 Å². The van der Waals surface area contributed by atoms with E-state index in [0.29, 0.717) is 5.69 Å². The minimum absolute atomic E-state index is 0.000602. The second-order valence-corrected chi connectivity index (χ2v) is 3.36. The normalized spacial score (nSPS) is 15.3. The number of carbonyl (C=O) groups is 1. The average Bonchev–Trinajstić information content (AvgIpc) is 2.67. The number of Topliss-reactive ketones (excluding diaryl/α,β-unsaturated/α-hetero) is 1. The minimum atomic E-state index is -0.386. The molecule has 0 saturated heterocycles. The molecule has 1 aromatic heterocycles. The summed E-state index contributed by atoms with van der Waals surface area (Å²) < 4.78 is 0. The van der Waals surface area contributed by atoms with Crippen LogP contribution in [-0.4, -0.2) is 16.8 Å². The number of H-pyrrole nitrogens is 1. The molecule has 1 heterocycles. The van der Waals surface area contributed by atoms with Crippen LogP contribution in [0, 0.1) is 5.92 Å². The average molecular weight is 180 g/mol. The predicted molar refractivity (Wildman–Crippen MR) is 52.6 cm³/mol. The number of rotatable bonds is 4. The van der Waals surface area contributed by atoms with Crippen LogP contribution in [0.25, 0.3) is 0 Å². The first-order valence-electron chi connectivity index (χ1n) is 4.60. The maximum Gasteiger partial charge on any atom is 0.195 e. The number of hydrogen-bond acceptors (Lipinski definition) is 2. The van der Waals surface area contributed by atoms with Crippen molar-refractivity contribution in [3.8, 4) is 0 Å². The molecule has 0 aliphatic rings. The summed E-state index contributed by atoms with van der Waals surface area (Å²) in [5.74, 6) is 0.232. The van der Waals surface area contributed by atoms with Gasteiger partial charge in [-0.1, -0.05) is 20.3 Å². The molecule has 0 fully saturated rings. The quantitative estimate of drug-likeness (QED) is 0.691. The Hall–Kier alpha value is -1.09. The Kier molecular flexibility index (Phi) is 3.25. The first kappa shape index (κ1) is 9.99. The maximum atomic E-state index is 11.6. The number of nitrogens with two attached hydrogens (primary N) is 1. The summed E-state index contributed by atoms with van der Waals surface area (Å²) in [5, 5.41) is 0. The zero-order chi connectivity index (χ0) is 9.84. The molecule has 2 atom stereocenters. The van der Waals surface area contributed by atoms with Crippen LogP contribution in [0.15, 0.2) is 18.3 Å². The van der Waals surface area contributed by atoms with E-state index >= 15 is 0 Å². The molecule has 3 heteroatoms. The highest BCUT2D eigenvalue weighted by Crippen LogP contribution is 2.10. The van der Waals surface area contributed by atoms with E-state index in [9.17, 15) is 4.79 Å². The third-order valence-electron chi connectivity index (χ3n) is 2.42. The lowest BCUT2D eigenvalue weighted by molar-refractivity contribution is 0.0930. The minimum Gasteiger partial charge on any atom is -0.359 e. The van der Waals surface area contributed by atoms with Gasteiger partial charge in [-0.2, -0.15) is 0 Å². The van der Waals surface area contributed by atoms with E-state index in [2.05, 4.69) is 4.98 Å². The number of nitrogens with one attached hydrogen (secondary N) is 1. The highest BCUT2D eigenvalue weighted by molar-refractivity contribution is 5.98. The molecule has 0 aliphatic heterocycles. The van der Waals surface area contributed by atoms with Gasteiger partial charge in [0.1, 0.15) is 0 Å². The third-order valence-corrected chi connectivity index (χ3v) is 2.42. The maximum absolute atomic E-state index is 11.6. The van der Waals surface area contributed by atoms with Gasteiger partial charge in [-0.3, -0.25) is 4.79 Å². The molecular formula is C10H16N2O. The molecule has 0 aliphatic carbocycles. The van der Waals surface area contributed by atoms with Crippen molar-refractivity contribution in [3.63, 3.8) is 0 Å². The number of ketones is 1. The van der Waals surface area contributed by atoms with Gasteiger partial charge >= 0.3 is 0 Å². The summed E-state index contributed by atoms with van der Waals surface area (Å²) in [6, 6.07) is 3.17. The molecular weight excluding hydrogens is 164 g/mol. The third kappa shape index (κ3) is 2.18. The standard InChI is InChI=1S/C10H16N2O/c1-3-7(2)9(11)10(13)8-5-4-6-12-8/h4-7,9,12H,3,11H2,1-2H3. The van der Waals surface area contributed by atoms with Crippen LogP contribution in [0.3, 0.4) is 0 Å². The molecule has 1 aromatic rings. The number of carbonyl (C=O) groups excluding carboxylic acids is 1. The van der Waals surface area contributed by atoms with Crippen LogP contribution in [-0.2, 0) is 0 Å². The van der Waals surface area contributed by atoms with E-state index in [1.54, 1.807) is 18.3 Å². The fourth-order valence-electron chi connectivity index (χ4n) is 1.18. The summed E-state index contributed by atoms with van der Waals surface area (Å²) in [5.41, 5.74) is 6.40. The first-order chi connectivity index (χ1) is 6.16. The predicted octanol–water partition coefficient (Wildman–Crippen LogP) is 1.57. The molecule has 72 valence electrons. The molecule has 3 nitrogen and oxygen atoms in total. The van der Waals surface area contributed by atoms with Crippen molar-refractivity contribution in [2.45, 2.75) is 26.3 Å². The molecule has 1 rings (SSSR count). The Bertz CT molecular complexity index is 266. The second-order valence-electron chi connectivity index (χ2n) is 3.36. The number of hydrogen-bond donors (Lipinski definition) is 2. The Morgan fingerprint density at radius 1 is 1.69 bits per heavy atom. The largest absolute Gasteiger partial charge is 0.359 e. The fourth-order valence-corrected chi connectivity index (χ4v) is 1.18. The molecule has 0 saturated carbocycles. The summed E-state index contributed by atoms with van der Waals surface area (Å²) in [6.45, 7) is 4.03. The van der Waals surface area contributed by atoms with E-state index in [-0.39, 0.29) is 17.7 Å². The molecule has 2 unspecified atom stereocenters. The van der Waals surface area contributed by atoms with Crippen molar-refractivity contribution in [2.24, 2.45) is 11.7 Å². The van der Waals surface area contributed by atoms with Crippen molar-refractivity contribution in [3.05, 3.63) is 24.0 Å². The SMILES string of the molecule is CCC(C)C(N)C(=O)c1ccc[nH]1. The summed E-state index contributed by atoms with van der Waals surface area (Å²) in [4.78, 5) is 14.5. The lowest BCUT2D eigenvalue weighted by atomic mass is 9.95. The first-order valence-corrected chi connectivity index (χ1v) is 4.60. The van der Waals surface area contributed by atoms with Crippen LogP contribution in [0.5, 0.6) is 0 Å². The molecule has 0 radical (unpaired) electrons. The Morgan fingerprint density at radius 2 is 2.38 bits per heavy atom. The highest BCUT2D eigenvalue weighted by Gasteiger charge is 2.20. The Labute approximate surface area is 78.3 Å². The van der Waals surface area contributed by atoms with Gasteiger partial charge in [0, 0.05) is 6.20 Å². The van der Waals surface area contributed by atoms with E-state index in [1.807, 2.05) is 13.8 Å². The van der Waals surface area contributed by atoms with Crippen LogP contribution >= 0.6 is 0 Å². The van der Waals surface area contributed by atoms with Crippen LogP contribution in [0.1, 0.15) is 30.8 Å². The van der Waals surface area contributed by atoms with Gasteiger partial charge in [0.15, 0.2) is 5.78 Å².